The molecule has 0 radical (unpaired) electrons. The van der Waals surface area contributed by atoms with Gasteiger partial charge in [0, 0.05) is 36.8 Å². The van der Waals surface area contributed by atoms with Crippen molar-refractivity contribution in [1.29, 1.82) is 0 Å². The van der Waals surface area contributed by atoms with Gasteiger partial charge in [-0.05, 0) is 43.1 Å². The molecule has 0 amide bonds. The predicted molar refractivity (Wildman–Crippen MR) is 137 cm³/mol. The maximum absolute atomic E-state index is 5.60. The lowest BCUT2D eigenvalue weighted by molar-refractivity contribution is 0.122. The van der Waals surface area contributed by atoms with E-state index in [0.717, 1.165) is 54.1 Å². The largest absolute Gasteiger partial charge is 0.378 e. The average molecular weight is 454 g/mol. The number of allylic oxidation sites excluding steroid dienone is 4. The van der Waals surface area contributed by atoms with E-state index < -0.39 is 0 Å². The molecule has 0 N–H and O–H groups in total. The fourth-order valence-corrected chi connectivity index (χ4v) is 4.64. The molecule has 6 heteroatoms. The number of aryl methyl sites for hydroxylation is 1. The number of benzene rings is 1. The summed E-state index contributed by atoms with van der Waals surface area (Å²) in [5.74, 6) is 1.59. The molecule has 174 valence electrons. The van der Waals surface area contributed by atoms with Crippen molar-refractivity contribution in [3.63, 3.8) is 0 Å². The first kappa shape index (κ1) is 22.3. The Morgan fingerprint density at radius 3 is 2.74 bits per heavy atom. The summed E-state index contributed by atoms with van der Waals surface area (Å²) in [6.45, 7) is 13.5. The number of hydrogen-bond donors (Lipinski definition) is 0. The van der Waals surface area contributed by atoms with Gasteiger partial charge in [0.05, 0.1) is 25.1 Å². The molecular formula is C28H31N5O. The molecule has 1 fully saturated rings. The van der Waals surface area contributed by atoms with Crippen LogP contribution in [0.1, 0.15) is 37.1 Å². The Bertz CT molecular complexity index is 1290. The summed E-state index contributed by atoms with van der Waals surface area (Å²) in [6.07, 6.45) is 10.1. The van der Waals surface area contributed by atoms with Gasteiger partial charge in [-0.1, -0.05) is 55.0 Å². The molecule has 0 spiro atoms. The summed E-state index contributed by atoms with van der Waals surface area (Å²) in [5, 5.41) is 4.62. The Kier molecular flexibility index (Phi) is 6.16. The van der Waals surface area contributed by atoms with Crippen LogP contribution in [0.15, 0.2) is 66.0 Å². The van der Waals surface area contributed by atoms with Gasteiger partial charge in [-0.2, -0.15) is 10.1 Å². The van der Waals surface area contributed by atoms with E-state index in [9.17, 15) is 0 Å². The van der Waals surface area contributed by atoms with Crippen LogP contribution in [0.25, 0.3) is 23.2 Å². The van der Waals surface area contributed by atoms with Gasteiger partial charge in [0.25, 0.3) is 5.95 Å². The summed E-state index contributed by atoms with van der Waals surface area (Å²) in [4.78, 5) is 12.3. The highest BCUT2D eigenvalue weighted by Gasteiger charge is 2.26. The average Bonchev–Trinajstić information content (AvgIpc) is 3.50. The van der Waals surface area contributed by atoms with Crippen molar-refractivity contribution in [3.05, 3.63) is 82.9 Å². The molecule has 6 nitrogen and oxygen atoms in total. The molecule has 1 aliphatic heterocycles. The quantitative estimate of drug-likeness (QED) is 0.473. The van der Waals surface area contributed by atoms with E-state index in [4.69, 9.17) is 14.7 Å². The summed E-state index contributed by atoms with van der Waals surface area (Å²) in [5.41, 5.74) is 9.25. The standard InChI is InChI=1S/C28H31N5O/c1-5-21(13-19(2)3)23-15-25-26(16-23)30-28(31-27(25)32-9-11-34-12-10-32)33-18-24(17-29-33)22-8-6-7-20(4)14-22/h6-8,13-14,16-18H,2,5,9-12,15H2,1,3-4H3/b21-13+. The van der Waals surface area contributed by atoms with E-state index in [-0.39, 0.29) is 0 Å². The van der Waals surface area contributed by atoms with E-state index in [0.29, 0.717) is 19.2 Å². The molecule has 2 aromatic heterocycles. The van der Waals surface area contributed by atoms with Crippen LogP contribution in [0.4, 0.5) is 5.82 Å². The normalized spacial score (nSPS) is 15.9. The molecular weight excluding hydrogens is 422 g/mol. The maximum atomic E-state index is 5.60. The monoisotopic (exact) mass is 453 g/mol. The molecule has 1 aliphatic carbocycles. The molecule has 34 heavy (non-hydrogen) atoms. The summed E-state index contributed by atoms with van der Waals surface area (Å²) < 4.78 is 7.39. The fourth-order valence-electron chi connectivity index (χ4n) is 4.64. The van der Waals surface area contributed by atoms with Gasteiger partial charge in [0.1, 0.15) is 5.82 Å². The minimum Gasteiger partial charge on any atom is -0.378 e. The van der Waals surface area contributed by atoms with E-state index in [1.807, 2.05) is 19.3 Å². The van der Waals surface area contributed by atoms with Crippen molar-refractivity contribution in [1.82, 2.24) is 19.7 Å². The van der Waals surface area contributed by atoms with Crippen LogP contribution < -0.4 is 4.90 Å². The topological polar surface area (TPSA) is 56.1 Å². The van der Waals surface area contributed by atoms with E-state index in [1.165, 1.54) is 22.3 Å². The van der Waals surface area contributed by atoms with Gasteiger partial charge in [-0.3, -0.25) is 0 Å². The second kappa shape index (κ2) is 9.39. The first-order chi connectivity index (χ1) is 16.5. The van der Waals surface area contributed by atoms with Crippen molar-refractivity contribution in [2.24, 2.45) is 0 Å². The smallest absolute Gasteiger partial charge is 0.253 e. The first-order valence-corrected chi connectivity index (χ1v) is 11.9. The number of ether oxygens (including phenoxy) is 1. The summed E-state index contributed by atoms with van der Waals surface area (Å²) in [6, 6.07) is 8.44. The van der Waals surface area contributed by atoms with Gasteiger partial charge in [0.15, 0.2) is 0 Å². The Labute approximate surface area is 201 Å². The zero-order valence-corrected chi connectivity index (χ0v) is 20.2. The van der Waals surface area contributed by atoms with E-state index in [1.54, 1.807) is 4.68 Å². The zero-order chi connectivity index (χ0) is 23.7. The molecule has 5 rings (SSSR count). The van der Waals surface area contributed by atoms with Crippen molar-refractivity contribution in [2.45, 2.75) is 33.6 Å². The molecule has 3 heterocycles. The Morgan fingerprint density at radius 1 is 1.18 bits per heavy atom. The van der Waals surface area contributed by atoms with Crippen LogP contribution in [0.2, 0.25) is 0 Å². The minimum atomic E-state index is 0.596. The zero-order valence-electron chi connectivity index (χ0n) is 20.2. The summed E-state index contributed by atoms with van der Waals surface area (Å²) in [7, 11) is 0. The number of morpholine rings is 1. The van der Waals surface area contributed by atoms with Crippen LogP contribution >= 0.6 is 0 Å². The van der Waals surface area contributed by atoms with Gasteiger partial charge in [-0.25, -0.2) is 9.67 Å². The Hall–Kier alpha value is -3.51. The predicted octanol–water partition coefficient (Wildman–Crippen LogP) is 5.33. The fraction of sp³-hybridized carbons (Fsp3) is 0.321. The number of hydrogen-bond acceptors (Lipinski definition) is 5. The van der Waals surface area contributed by atoms with Crippen LogP contribution in [0, 0.1) is 6.92 Å². The van der Waals surface area contributed by atoms with Crippen molar-refractivity contribution in [3.8, 4) is 17.1 Å². The van der Waals surface area contributed by atoms with Crippen molar-refractivity contribution >= 4 is 11.9 Å². The third-order valence-corrected chi connectivity index (χ3v) is 6.35. The van der Waals surface area contributed by atoms with E-state index >= 15 is 0 Å². The van der Waals surface area contributed by atoms with Crippen LogP contribution in [0.5, 0.6) is 0 Å². The van der Waals surface area contributed by atoms with Gasteiger partial charge >= 0.3 is 0 Å². The highest BCUT2D eigenvalue weighted by molar-refractivity contribution is 5.72. The van der Waals surface area contributed by atoms with Crippen LogP contribution in [-0.2, 0) is 11.2 Å². The van der Waals surface area contributed by atoms with Crippen molar-refractivity contribution in [2.75, 3.05) is 31.2 Å². The van der Waals surface area contributed by atoms with E-state index in [2.05, 4.69) is 66.8 Å². The molecule has 0 bridgehead atoms. The second-order valence-electron chi connectivity index (χ2n) is 9.07. The lowest BCUT2D eigenvalue weighted by Gasteiger charge is -2.29. The molecule has 2 aliphatic rings. The molecule has 3 aromatic rings. The SMILES string of the molecule is C=C(C)/C=C(\CC)C1=Cc2nc(-n3cc(-c4cccc(C)c4)cn3)nc(N3CCOCC3)c2C1. The minimum absolute atomic E-state index is 0.596. The number of aromatic nitrogens is 4. The Morgan fingerprint density at radius 2 is 2.00 bits per heavy atom. The molecule has 0 unspecified atom stereocenters. The lowest BCUT2D eigenvalue weighted by atomic mass is 9.99. The van der Waals surface area contributed by atoms with Crippen LogP contribution in [0.3, 0.4) is 0 Å². The third-order valence-electron chi connectivity index (χ3n) is 6.35. The maximum Gasteiger partial charge on any atom is 0.253 e. The first-order valence-electron chi connectivity index (χ1n) is 11.9. The molecule has 1 aromatic carbocycles. The third kappa shape index (κ3) is 4.46. The molecule has 0 atom stereocenters. The molecule has 1 saturated heterocycles. The number of anilines is 1. The molecule has 0 saturated carbocycles. The summed E-state index contributed by atoms with van der Waals surface area (Å²) >= 11 is 0. The highest BCUT2D eigenvalue weighted by Crippen LogP contribution is 2.36. The Balaban J connectivity index is 1.57. The number of nitrogens with zero attached hydrogens (tertiary/aromatic N) is 5. The van der Waals surface area contributed by atoms with Crippen LogP contribution in [-0.4, -0.2) is 46.1 Å². The van der Waals surface area contributed by atoms with Gasteiger partial charge < -0.3 is 9.64 Å². The second-order valence-corrected chi connectivity index (χ2v) is 9.07. The number of rotatable bonds is 6. The van der Waals surface area contributed by atoms with Gasteiger partial charge in [-0.15, -0.1) is 0 Å². The van der Waals surface area contributed by atoms with Gasteiger partial charge in [0.2, 0.25) is 0 Å². The highest BCUT2D eigenvalue weighted by atomic mass is 16.5. The van der Waals surface area contributed by atoms with Crippen molar-refractivity contribution < 1.29 is 4.74 Å². The lowest BCUT2D eigenvalue weighted by Crippen LogP contribution is -2.37. The number of fused-ring (bicyclic) bond motifs is 1.